The van der Waals surface area contributed by atoms with E-state index in [0.717, 1.165) is 28.3 Å². The third-order valence-electron chi connectivity index (χ3n) is 5.75. The van der Waals surface area contributed by atoms with Crippen molar-refractivity contribution in [3.63, 3.8) is 0 Å². The van der Waals surface area contributed by atoms with Crippen LogP contribution in [0.25, 0.3) is 17.5 Å². The normalized spacial score (nSPS) is 15.1. The molecule has 8 heteroatoms. The number of allylic oxidation sites excluding steroid dienone is 5. The van der Waals surface area contributed by atoms with E-state index < -0.39 is 0 Å². The van der Waals surface area contributed by atoms with Crippen LogP contribution < -0.4 is 10.0 Å². The Labute approximate surface area is 216 Å². The highest BCUT2D eigenvalue weighted by Crippen LogP contribution is 2.51. The van der Waals surface area contributed by atoms with Gasteiger partial charge in [0.05, 0.1) is 6.21 Å². The topological polar surface area (TPSA) is 84.6 Å². The first kappa shape index (κ1) is 25.3. The van der Waals surface area contributed by atoms with Gasteiger partial charge in [-0.3, -0.25) is 0 Å². The van der Waals surface area contributed by atoms with Gasteiger partial charge >= 0.3 is 0 Å². The molecule has 0 bridgehead atoms. The summed E-state index contributed by atoms with van der Waals surface area (Å²) in [6, 6.07) is 16.4. The van der Waals surface area contributed by atoms with E-state index in [2.05, 4.69) is 74.4 Å². The molecule has 36 heavy (non-hydrogen) atoms. The van der Waals surface area contributed by atoms with Crippen molar-refractivity contribution in [1.29, 1.82) is 0 Å². The van der Waals surface area contributed by atoms with Crippen LogP contribution in [0.3, 0.4) is 0 Å². The maximum Gasteiger partial charge on any atom is 0.250 e. The summed E-state index contributed by atoms with van der Waals surface area (Å²) < 4.78 is 8.73. The van der Waals surface area contributed by atoms with E-state index in [-0.39, 0.29) is 0 Å². The first-order valence-corrected chi connectivity index (χ1v) is 12.8. The molecule has 1 saturated carbocycles. The highest BCUT2D eigenvalue weighted by atomic mass is 32.2. The third kappa shape index (κ3) is 7.11. The molecule has 1 fully saturated rings. The van der Waals surface area contributed by atoms with Crippen molar-refractivity contribution in [3.05, 3.63) is 84.4 Å². The summed E-state index contributed by atoms with van der Waals surface area (Å²) in [6.07, 6.45) is 14.4. The zero-order valence-corrected chi connectivity index (χ0v) is 21.6. The van der Waals surface area contributed by atoms with Gasteiger partial charge in [0.2, 0.25) is 5.82 Å². The Bertz CT molecular complexity index is 1260. The fourth-order valence-electron chi connectivity index (χ4n) is 3.48. The van der Waals surface area contributed by atoms with Crippen LogP contribution in [-0.4, -0.2) is 23.5 Å². The fraction of sp³-hybridized carbons (Fsp3) is 0.250. The zero-order valence-electron chi connectivity index (χ0n) is 20.8. The monoisotopic (exact) mass is 501 g/mol. The molecule has 0 amide bonds. The Morgan fingerprint density at radius 2 is 1.94 bits per heavy atom. The van der Waals surface area contributed by atoms with Gasteiger partial charge in [-0.1, -0.05) is 48.5 Å². The van der Waals surface area contributed by atoms with Crippen molar-refractivity contribution in [2.75, 3.05) is 17.1 Å². The molecule has 2 aromatic carbocycles. The number of benzene rings is 2. The van der Waals surface area contributed by atoms with Crippen LogP contribution in [-0.2, 0) is 4.84 Å². The van der Waals surface area contributed by atoms with Gasteiger partial charge in [0.15, 0.2) is 0 Å². The van der Waals surface area contributed by atoms with E-state index in [4.69, 9.17) is 4.52 Å². The molecule has 1 aliphatic carbocycles. The van der Waals surface area contributed by atoms with Crippen LogP contribution in [0.1, 0.15) is 39.0 Å². The Morgan fingerprint density at radius 3 is 2.69 bits per heavy atom. The lowest BCUT2D eigenvalue weighted by Crippen LogP contribution is -2.09. The summed E-state index contributed by atoms with van der Waals surface area (Å²) in [5.41, 5.74) is 4.67. The third-order valence-corrected chi connectivity index (χ3v) is 6.60. The van der Waals surface area contributed by atoms with Crippen molar-refractivity contribution in [2.45, 2.75) is 38.0 Å². The molecule has 186 valence electrons. The molecule has 0 unspecified atom stereocenters. The summed E-state index contributed by atoms with van der Waals surface area (Å²) >= 11 is 1.56. The lowest BCUT2D eigenvalue weighted by Gasteiger charge is -2.18. The van der Waals surface area contributed by atoms with Crippen LogP contribution in [0, 0.1) is 5.41 Å². The minimum absolute atomic E-state index is 0.308. The summed E-state index contributed by atoms with van der Waals surface area (Å²) in [4.78, 5) is 10.1. The molecule has 0 radical (unpaired) electrons. The first-order valence-electron chi connectivity index (χ1n) is 11.9. The first-order chi connectivity index (χ1) is 17.6. The SMILES string of the molecule is CCC=C(Nc1cccc(NSc2ccc(-c3noc(/C=C/C=C\C=N\OC)n3)cc2)c1)C1(C)CC1. The molecule has 7 nitrogen and oxygen atoms in total. The Kier molecular flexibility index (Phi) is 8.62. The van der Waals surface area contributed by atoms with Crippen LogP contribution in [0.5, 0.6) is 0 Å². The Morgan fingerprint density at radius 1 is 1.14 bits per heavy atom. The molecule has 1 heterocycles. The van der Waals surface area contributed by atoms with Gasteiger partial charge in [-0.05, 0) is 79.8 Å². The molecule has 2 N–H and O–H groups in total. The summed E-state index contributed by atoms with van der Waals surface area (Å²) in [6.45, 7) is 4.51. The van der Waals surface area contributed by atoms with Gasteiger partial charge < -0.3 is 19.4 Å². The summed E-state index contributed by atoms with van der Waals surface area (Å²) in [7, 11) is 1.50. The number of rotatable bonds is 12. The summed E-state index contributed by atoms with van der Waals surface area (Å²) in [5, 5.41) is 11.3. The quantitative estimate of drug-likeness (QED) is 0.115. The number of oxime groups is 1. The molecular formula is C28H31N5O2S. The van der Waals surface area contributed by atoms with E-state index in [0.29, 0.717) is 17.1 Å². The molecule has 0 spiro atoms. The molecule has 1 aromatic heterocycles. The molecule has 0 aliphatic heterocycles. The lowest BCUT2D eigenvalue weighted by molar-refractivity contribution is 0.215. The van der Waals surface area contributed by atoms with Gasteiger partial charge in [-0.25, -0.2) is 0 Å². The Hall–Kier alpha value is -3.78. The Balaban J connectivity index is 1.32. The van der Waals surface area contributed by atoms with E-state index in [9.17, 15) is 0 Å². The fourth-order valence-corrected chi connectivity index (χ4v) is 4.12. The van der Waals surface area contributed by atoms with E-state index in [1.165, 1.54) is 25.6 Å². The second-order valence-electron chi connectivity index (χ2n) is 8.66. The van der Waals surface area contributed by atoms with Gasteiger partial charge in [0.1, 0.15) is 7.11 Å². The van der Waals surface area contributed by atoms with E-state index >= 15 is 0 Å². The molecule has 4 rings (SSSR count). The number of aromatic nitrogens is 2. The van der Waals surface area contributed by atoms with Gasteiger partial charge in [-0.2, -0.15) is 4.98 Å². The minimum atomic E-state index is 0.308. The second-order valence-corrected chi connectivity index (χ2v) is 9.54. The smallest absolute Gasteiger partial charge is 0.250 e. The van der Waals surface area contributed by atoms with Gasteiger partial charge in [0, 0.05) is 39.0 Å². The summed E-state index contributed by atoms with van der Waals surface area (Å²) in [5.74, 6) is 0.975. The number of anilines is 2. The zero-order chi connectivity index (χ0) is 25.2. The highest BCUT2D eigenvalue weighted by molar-refractivity contribution is 8.00. The van der Waals surface area contributed by atoms with E-state index in [1.807, 2.05) is 24.3 Å². The minimum Gasteiger partial charge on any atom is -0.399 e. The van der Waals surface area contributed by atoms with Crippen LogP contribution >= 0.6 is 11.9 Å². The van der Waals surface area contributed by atoms with Crippen LogP contribution in [0.4, 0.5) is 11.4 Å². The largest absolute Gasteiger partial charge is 0.399 e. The van der Waals surface area contributed by atoms with E-state index in [1.54, 1.807) is 42.5 Å². The average molecular weight is 502 g/mol. The number of hydrogen-bond donors (Lipinski definition) is 2. The molecule has 1 aliphatic rings. The average Bonchev–Trinajstić information content (AvgIpc) is 3.47. The maximum atomic E-state index is 5.29. The van der Waals surface area contributed by atoms with Crippen molar-refractivity contribution >= 4 is 35.6 Å². The predicted molar refractivity (Wildman–Crippen MR) is 149 cm³/mol. The van der Waals surface area contributed by atoms with Crippen molar-refractivity contribution in [3.8, 4) is 11.4 Å². The molecule has 3 aromatic rings. The second kappa shape index (κ2) is 12.3. The maximum absolute atomic E-state index is 5.29. The van der Waals surface area contributed by atoms with Gasteiger partial charge in [0.25, 0.3) is 5.89 Å². The van der Waals surface area contributed by atoms with Gasteiger partial charge in [-0.15, -0.1) is 0 Å². The number of hydrogen-bond acceptors (Lipinski definition) is 8. The standard InChI is InChI=1S/C28H31N5O2S/c1-4-9-25(28(2)17-18-28)30-22-10-8-11-23(20-22)33-36-24-15-13-21(14-16-24)27-31-26(35-32-27)12-6-5-7-19-29-34-3/h5-16,19-20,30,33H,4,17-18H2,1-3H3/b7-5-,12-6+,25-9?,29-19+. The van der Waals surface area contributed by atoms with Crippen LogP contribution in [0.2, 0.25) is 0 Å². The van der Waals surface area contributed by atoms with Crippen molar-refractivity contribution in [2.24, 2.45) is 10.6 Å². The van der Waals surface area contributed by atoms with Crippen molar-refractivity contribution in [1.82, 2.24) is 10.1 Å². The van der Waals surface area contributed by atoms with Crippen molar-refractivity contribution < 1.29 is 9.36 Å². The highest BCUT2D eigenvalue weighted by Gasteiger charge is 2.41. The lowest BCUT2D eigenvalue weighted by atomic mass is 10.0. The number of nitrogens with zero attached hydrogens (tertiary/aromatic N) is 3. The van der Waals surface area contributed by atoms with Crippen LogP contribution in [0.15, 0.2) is 93.1 Å². The molecule has 0 saturated heterocycles. The number of nitrogens with one attached hydrogen (secondary N) is 2. The molecule has 0 atom stereocenters. The predicted octanol–water partition coefficient (Wildman–Crippen LogP) is 7.56. The molecular weight excluding hydrogens is 470 g/mol.